The minimum absolute atomic E-state index is 0.449. The minimum Gasteiger partial charge on any atom is -0.378 e. The zero-order chi connectivity index (χ0) is 12.1. The van der Waals surface area contributed by atoms with E-state index in [2.05, 4.69) is 27.9 Å². The van der Waals surface area contributed by atoms with E-state index in [0.717, 1.165) is 50.8 Å². The standard InChI is InChI=1S/C12H16N4O/c1-2-3-11-14-10(9-13)8-12(15-11)16-4-6-17-7-5-16/h8H,2-7H2,1H3. The van der Waals surface area contributed by atoms with Gasteiger partial charge in [-0.1, -0.05) is 6.92 Å². The number of aromatic nitrogens is 2. The van der Waals surface area contributed by atoms with Crippen molar-refractivity contribution in [3.8, 4) is 6.07 Å². The zero-order valence-corrected chi connectivity index (χ0v) is 10.0. The van der Waals surface area contributed by atoms with Crippen molar-refractivity contribution in [2.75, 3.05) is 31.2 Å². The van der Waals surface area contributed by atoms with E-state index >= 15 is 0 Å². The lowest BCUT2D eigenvalue weighted by Crippen LogP contribution is -2.37. The summed E-state index contributed by atoms with van der Waals surface area (Å²) >= 11 is 0. The predicted octanol–water partition coefficient (Wildman–Crippen LogP) is 1.14. The molecule has 0 spiro atoms. The molecule has 1 saturated heterocycles. The fourth-order valence-electron chi connectivity index (χ4n) is 1.83. The summed E-state index contributed by atoms with van der Waals surface area (Å²) in [5, 5.41) is 8.97. The van der Waals surface area contributed by atoms with Gasteiger partial charge in [0.05, 0.1) is 13.2 Å². The molecule has 90 valence electrons. The molecule has 0 radical (unpaired) electrons. The average molecular weight is 232 g/mol. The van der Waals surface area contributed by atoms with Crippen LogP contribution in [0.5, 0.6) is 0 Å². The SMILES string of the molecule is CCCc1nc(C#N)cc(N2CCOCC2)n1. The number of nitrogens with zero attached hydrogens (tertiary/aromatic N) is 4. The van der Waals surface area contributed by atoms with Crippen LogP contribution < -0.4 is 4.90 Å². The Labute approximate surface area is 101 Å². The molecule has 1 aliphatic rings. The summed E-state index contributed by atoms with van der Waals surface area (Å²) in [6.45, 7) is 5.17. The highest BCUT2D eigenvalue weighted by molar-refractivity contribution is 5.43. The van der Waals surface area contributed by atoms with Crippen LogP contribution in [0.2, 0.25) is 0 Å². The molecule has 0 bridgehead atoms. The summed E-state index contributed by atoms with van der Waals surface area (Å²) < 4.78 is 5.31. The molecule has 17 heavy (non-hydrogen) atoms. The predicted molar refractivity (Wildman–Crippen MR) is 63.8 cm³/mol. The van der Waals surface area contributed by atoms with Crippen LogP contribution >= 0.6 is 0 Å². The van der Waals surface area contributed by atoms with Crippen molar-refractivity contribution in [3.63, 3.8) is 0 Å². The molecule has 0 aliphatic carbocycles. The minimum atomic E-state index is 0.449. The molecular formula is C12H16N4O. The lowest BCUT2D eigenvalue weighted by atomic mass is 10.3. The molecule has 0 atom stereocenters. The number of morpholine rings is 1. The van der Waals surface area contributed by atoms with Gasteiger partial charge in [-0.3, -0.25) is 0 Å². The highest BCUT2D eigenvalue weighted by Crippen LogP contribution is 2.14. The normalized spacial score (nSPS) is 15.6. The Bertz CT molecular complexity index is 421. The van der Waals surface area contributed by atoms with E-state index in [0.29, 0.717) is 5.69 Å². The maximum absolute atomic E-state index is 8.97. The molecule has 0 unspecified atom stereocenters. The fourth-order valence-corrected chi connectivity index (χ4v) is 1.83. The number of rotatable bonds is 3. The van der Waals surface area contributed by atoms with Crippen molar-refractivity contribution >= 4 is 5.82 Å². The zero-order valence-electron chi connectivity index (χ0n) is 10.0. The van der Waals surface area contributed by atoms with Crippen molar-refractivity contribution < 1.29 is 4.74 Å². The highest BCUT2D eigenvalue weighted by Gasteiger charge is 2.14. The molecule has 0 N–H and O–H groups in total. The lowest BCUT2D eigenvalue weighted by Gasteiger charge is -2.28. The van der Waals surface area contributed by atoms with Crippen LogP contribution in [0.25, 0.3) is 0 Å². The maximum atomic E-state index is 8.97. The molecule has 2 heterocycles. The molecule has 2 rings (SSSR count). The highest BCUT2D eigenvalue weighted by atomic mass is 16.5. The third-order valence-corrected chi connectivity index (χ3v) is 2.68. The molecule has 0 saturated carbocycles. The van der Waals surface area contributed by atoms with Gasteiger partial charge in [0.15, 0.2) is 0 Å². The number of ether oxygens (including phenoxy) is 1. The Morgan fingerprint density at radius 1 is 1.41 bits per heavy atom. The monoisotopic (exact) mass is 232 g/mol. The largest absolute Gasteiger partial charge is 0.378 e. The van der Waals surface area contributed by atoms with Gasteiger partial charge >= 0.3 is 0 Å². The molecule has 1 aromatic rings. The Balaban J connectivity index is 2.25. The molecule has 1 aromatic heterocycles. The maximum Gasteiger partial charge on any atom is 0.146 e. The third-order valence-electron chi connectivity index (χ3n) is 2.68. The third kappa shape index (κ3) is 2.92. The molecular weight excluding hydrogens is 216 g/mol. The number of nitriles is 1. The molecule has 1 fully saturated rings. The van der Waals surface area contributed by atoms with Crippen LogP contribution in [0.1, 0.15) is 24.9 Å². The van der Waals surface area contributed by atoms with Crippen molar-refractivity contribution in [2.24, 2.45) is 0 Å². The van der Waals surface area contributed by atoms with Gasteiger partial charge in [0, 0.05) is 25.6 Å². The summed E-state index contributed by atoms with van der Waals surface area (Å²) in [7, 11) is 0. The molecule has 5 nitrogen and oxygen atoms in total. The first-order chi connectivity index (χ1) is 8.33. The number of hydrogen-bond acceptors (Lipinski definition) is 5. The van der Waals surface area contributed by atoms with E-state index in [1.165, 1.54) is 0 Å². The Kier molecular flexibility index (Phi) is 3.89. The van der Waals surface area contributed by atoms with Crippen molar-refractivity contribution in [1.29, 1.82) is 5.26 Å². The van der Waals surface area contributed by atoms with Crippen LogP contribution in [-0.4, -0.2) is 36.3 Å². The van der Waals surface area contributed by atoms with E-state index in [1.54, 1.807) is 6.07 Å². The van der Waals surface area contributed by atoms with Gasteiger partial charge < -0.3 is 9.64 Å². The Morgan fingerprint density at radius 2 is 2.18 bits per heavy atom. The molecule has 5 heteroatoms. The van der Waals surface area contributed by atoms with Crippen molar-refractivity contribution in [3.05, 3.63) is 17.6 Å². The quantitative estimate of drug-likeness (QED) is 0.782. The topological polar surface area (TPSA) is 62.0 Å². The van der Waals surface area contributed by atoms with Gasteiger partial charge in [-0.2, -0.15) is 5.26 Å². The smallest absolute Gasteiger partial charge is 0.146 e. The summed E-state index contributed by atoms with van der Waals surface area (Å²) in [4.78, 5) is 10.9. The van der Waals surface area contributed by atoms with Gasteiger partial charge in [0.2, 0.25) is 0 Å². The van der Waals surface area contributed by atoms with Gasteiger partial charge in [-0.05, 0) is 6.42 Å². The number of anilines is 1. The van der Waals surface area contributed by atoms with Gasteiger partial charge in [0.1, 0.15) is 23.4 Å². The number of hydrogen-bond donors (Lipinski definition) is 0. The average Bonchev–Trinajstić information content (AvgIpc) is 2.40. The number of aryl methyl sites for hydroxylation is 1. The summed E-state index contributed by atoms with van der Waals surface area (Å²) in [5.74, 6) is 1.61. The van der Waals surface area contributed by atoms with Crippen LogP contribution in [-0.2, 0) is 11.2 Å². The first kappa shape index (κ1) is 11.8. The molecule has 0 aromatic carbocycles. The summed E-state index contributed by atoms with van der Waals surface area (Å²) in [6.07, 6.45) is 1.80. The van der Waals surface area contributed by atoms with E-state index in [4.69, 9.17) is 10.00 Å². The van der Waals surface area contributed by atoms with E-state index in [1.807, 2.05) is 0 Å². The first-order valence-corrected chi connectivity index (χ1v) is 5.94. The van der Waals surface area contributed by atoms with E-state index in [-0.39, 0.29) is 0 Å². The molecule has 1 aliphatic heterocycles. The van der Waals surface area contributed by atoms with Crippen LogP contribution in [0.15, 0.2) is 6.07 Å². The second-order valence-corrected chi connectivity index (χ2v) is 3.99. The Hall–Kier alpha value is -1.67. The van der Waals surface area contributed by atoms with Crippen molar-refractivity contribution in [1.82, 2.24) is 9.97 Å². The summed E-state index contributed by atoms with van der Waals surface area (Å²) in [6, 6.07) is 3.85. The fraction of sp³-hybridized carbons (Fsp3) is 0.583. The van der Waals surface area contributed by atoms with E-state index < -0.39 is 0 Å². The second-order valence-electron chi connectivity index (χ2n) is 3.99. The molecule has 0 amide bonds. The van der Waals surface area contributed by atoms with Crippen LogP contribution in [0.4, 0.5) is 5.82 Å². The van der Waals surface area contributed by atoms with Gasteiger partial charge in [-0.15, -0.1) is 0 Å². The lowest BCUT2D eigenvalue weighted by molar-refractivity contribution is 0.122. The van der Waals surface area contributed by atoms with Crippen molar-refractivity contribution in [2.45, 2.75) is 19.8 Å². The summed E-state index contributed by atoms with van der Waals surface area (Å²) in [5.41, 5.74) is 0.449. The van der Waals surface area contributed by atoms with Crippen LogP contribution in [0.3, 0.4) is 0 Å². The van der Waals surface area contributed by atoms with Gasteiger partial charge in [-0.25, -0.2) is 9.97 Å². The van der Waals surface area contributed by atoms with Gasteiger partial charge in [0.25, 0.3) is 0 Å². The second kappa shape index (κ2) is 5.60. The Morgan fingerprint density at radius 3 is 2.82 bits per heavy atom. The first-order valence-electron chi connectivity index (χ1n) is 5.94. The van der Waals surface area contributed by atoms with E-state index in [9.17, 15) is 0 Å². The van der Waals surface area contributed by atoms with Crippen LogP contribution in [0, 0.1) is 11.3 Å².